The van der Waals surface area contributed by atoms with Crippen LogP contribution in [0.4, 0.5) is 0 Å². The highest BCUT2D eigenvalue weighted by Gasteiger charge is 1.98. The molecule has 0 saturated heterocycles. The van der Waals surface area contributed by atoms with Crippen molar-refractivity contribution < 1.29 is 0 Å². The summed E-state index contributed by atoms with van der Waals surface area (Å²) in [5, 5.41) is 0. The summed E-state index contributed by atoms with van der Waals surface area (Å²) in [6.45, 7) is 8.38. The third-order valence-electron chi connectivity index (χ3n) is 3.19. The molecule has 0 aromatic rings. The molecule has 0 heteroatoms. The van der Waals surface area contributed by atoms with E-state index in [0.717, 1.165) is 5.92 Å². The Labute approximate surface area is 103 Å². The molecule has 0 amide bonds. The van der Waals surface area contributed by atoms with Gasteiger partial charge in [0.05, 0.1) is 0 Å². The minimum absolute atomic E-state index is 0.734. The Bertz CT molecular complexity index is 167. The first kappa shape index (κ1) is 15.5. The van der Waals surface area contributed by atoms with Crippen LogP contribution in [-0.4, -0.2) is 0 Å². The van der Waals surface area contributed by atoms with Crippen molar-refractivity contribution in [2.24, 2.45) is 5.92 Å². The molecule has 0 spiro atoms. The Morgan fingerprint density at radius 3 is 2.19 bits per heavy atom. The van der Waals surface area contributed by atoms with Crippen LogP contribution in [0.5, 0.6) is 0 Å². The molecule has 0 fully saturated rings. The summed E-state index contributed by atoms with van der Waals surface area (Å²) < 4.78 is 0. The minimum Gasteiger partial charge on any atom is -0.103 e. The lowest BCUT2D eigenvalue weighted by atomic mass is 9.99. The lowest BCUT2D eigenvalue weighted by molar-refractivity contribution is 0.549. The third-order valence-corrected chi connectivity index (χ3v) is 3.19. The van der Waals surface area contributed by atoms with Gasteiger partial charge in [0.25, 0.3) is 0 Å². The molecule has 0 bridgehead atoms. The average molecular weight is 222 g/mol. The highest BCUT2D eigenvalue weighted by Crippen LogP contribution is 2.13. The van der Waals surface area contributed by atoms with Crippen molar-refractivity contribution in [3.63, 3.8) is 0 Å². The van der Waals surface area contributed by atoms with Gasteiger partial charge in [0.15, 0.2) is 0 Å². The number of unbranched alkanes of at least 4 members (excludes halogenated alkanes) is 5. The van der Waals surface area contributed by atoms with E-state index < -0.39 is 0 Å². The second-order valence-corrected chi connectivity index (χ2v) is 4.66. The summed E-state index contributed by atoms with van der Waals surface area (Å²) in [6.07, 6.45) is 18.7. The molecule has 94 valence electrons. The molecule has 1 unspecified atom stereocenters. The predicted octanol–water partition coefficient (Wildman–Crippen LogP) is 5.90. The van der Waals surface area contributed by atoms with Crippen molar-refractivity contribution in [1.29, 1.82) is 0 Å². The average Bonchev–Trinajstić information content (AvgIpc) is 2.32. The third kappa shape index (κ3) is 10.0. The van der Waals surface area contributed by atoms with E-state index in [1.165, 1.54) is 57.8 Å². The zero-order valence-corrected chi connectivity index (χ0v) is 11.4. The van der Waals surface area contributed by atoms with E-state index in [0.29, 0.717) is 0 Å². The van der Waals surface area contributed by atoms with Gasteiger partial charge in [-0.05, 0) is 44.4 Å². The molecule has 0 aliphatic carbocycles. The molecule has 0 aliphatic rings. The summed E-state index contributed by atoms with van der Waals surface area (Å²) in [4.78, 5) is 0. The lowest BCUT2D eigenvalue weighted by Gasteiger charge is -2.06. The van der Waals surface area contributed by atoms with E-state index in [4.69, 9.17) is 0 Å². The number of hydrogen-bond donors (Lipinski definition) is 0. The topological polar surface area (TPSA) is 0 Å². The Morgan fingerprint density at radius 2 is 1.62 bits per heavy atom. The van der Waals surface area contributed by atoms with E-state index in [1.54, 1.807) is 0 Å². The molecule has 0 aliphatic heterocycles. The van der Waals surface area contributed by atoms with Crippen molar-refractivity contribution in [3.05, 3.63) is 24.8 Å². The second kappa shape index (κ2) is 12.5. The van der Waals surface area contributed by atoms with Crippen molar-refractivity contribution in [3.8, 4) is 0 Å². The normalized spacial score (nSPS) is 13.1. The standard InChI is InChI=1S/C16H30/c1-4-7-8-9-10-11-12-13-14-15-16(5-2)6-3/h5,11-12,16H,2,4,6-10,13-15H2,1,3H3. The molecular weight excluding hydrogens is 192 g/mol. The molecule has 0 radical (unpaired) electrons. The molecule has 0 nitrogen and oxygen atoms in total. The van der Waals surface area contributed by atoms with Gasteiger partial charge in [0.2, 0.25) is 0 Å². The van der Waals surface area contributed by atoms with Crippen LogP contribution in [-0.2, 0) is 0 Å². The van der Waals surface area contributed by atoms with Crippen LogP contribution >= 0.6 is 0 Å². The van der Waals surface area contributed by atoms with Gasteiger partial charge >= 0.3 is 0 Å². The van der Waals surface area contributed by atoms with Gasteiger partial charge in [-0.25, -0.2) is 0 Å². The van der Waals surface area contributed by atoms with Crippen LogP contribution in [0.3, 0.4) is 0 Å². The van der Waals surface area contributed by atoms with Crippen molar-refractivity contribution >= 4 is 0 Å². The van der Waals surface area contributed by atoms with Crippen LogP contribution in [0.15, 0.2) is 24.8 Å². The van der Waals surface area contributed by atoms with Crippen molar-refractivity contribution in [1.82, 2.24) is 0 Å². The lowest BCUT2D eigenvalue weighted by Crippen LogP contribution is -1.92. The fourth-order valence-corrected chi connectivity index (χ4v) is 1.91. The zero-order chi connectivity index (χ0) is 12.1. The molecule has 0 aromatic heterocycles. The molecule has 1 atom stereocenters. The maximum atomic E-state index is 3.87. The van der Waals surface area contributed by atoms with Crippen molar-refractivity contribution in [2.45, 2.75) is 71.6 Å². The van der Waals surface area contributed by atoms with Crippen LogP contribution in [0.1, 0.15) is 71.6 Å². The smallest absolute Gasteiger partial charge is 0.0239 e. The number of hydrogen-bond acceptors (Lipinski definition) is 0. The Kier molecular flexibility index (Phi) is 12.1. The zero-order valence-electron chi connectivity index (χ0n) is 11.4. The van der Waals surface area contributed by atoms with Gasteiger partial charge in [0, 0.05) is 0 Å². The first-order chi connectivity index (χ1) is 7.85. The maximum Gasteiger partial charge on any atom is -0.0239 e. The summed E-state index contributed by atoms with van der Waals surface area (Å²) >= 11 is 0. The van der Waals surface area contributed by atoms with Crippen LogP contribution in [0.2, 0.25) is 0 Å². The van der Waals surface area contributed by atoms with Gasteiger partial charge < -0.3 is 0 Å². The first-order valence-corrected chi connectivity index (χ1v) is 7.12. The molecule has 0 heterocycles. The second-order valence-electron chi connectivity index (χ2n) is 4.66. The molecule has 16 heavy (non-hydrogen) atoms. The molecule has 0 N–H and O–H groups in total. The molecule has 0 saturated carbocycles. The Balaban J connectivity index is 3.24. The van der Waals surface area contributed by atoms with E-state index in [1.807, 2.05) is 0 Å². The number of allylic oxidation sites excluding steroid dienone is 3. The summed E-state index contributed by atoms with van der Waals surface area (Å²) in [5.74, 6) is 0.734. The van der Waals surface area contributed by atoms with E-state index in [9.17, 15) is 0 Å². The van der Waals surface area contributed by atoms with Gasteiger partial charge in [-0.2, -0.15) is 0 Å². The van der Waals surface area contributed by atoms with Gasteiger partial charge in [-0.15, -0.1) is 6.58 Å². The molecule has 0 rings (SSSR count). The highest BCUT2D eigenvalue weighted by molar-refractivity contribution is 4.83. The monoisotopic (exact) mass is 222 g/mol. The van der Waals surface area contributed by atoms with Crippen LogP contribution < -0.4 is 0 Å². The fourth-order valence-electron chi connectivity index (χ4n) is 1.91. The van der Waals surface area contributed by atoms with Crippen molar-refractivity contribution in [2.75, 3.05) is 0 Å². The molecular formula is C16H30. The summed E-state index contributed by atoms with van der Waals surface area (Å²) in [6, 6.07) is 0. The Hall–Kier alpha value is -0.520. The quantitative estimate of drug-likeness (QED) is 0.302. The maximum absolute atomic E-state index is 3.87. The Morgan fingerprint density at radius 1 is 0.938 bits per heavy atom. The fraction of sp³-hybridized carbons (Fsp3) is 0.750. The van der Waals surface area contributed by atoms with E-state index in [2.05, 4.69) is 38.7 Å². The predicted molar refractivity (Wildman–Crippen MR) is 75.7 cm³/mol. The first-order valence-electron chi connectivity index (χ1n) is 7.12. The summed E-state index contributed by atoms with van der Waals surface area (Å²) in [5.41, 5.74) is 0. The minimum atomic E-state index is 0.734. The van der Waals surface area contributed by atoms with Gasteiger partial charge in [-0.3, -0.25) is 0 Å². The van der Waals surface area contributed by atoms with Crippen LogP contribution in [0.25, 0.3) is 0 Å². The van der Waals surface area contributed by atoms with E-state index >= 15 is 0 Å². The largest absolute Gasteiger partial charge is 0.103 e. The van der Waals surface area contributed by atoms with Gasteiger partial charge in [-0.1, -0.05) is 51.3 Å². The number of rotatable bonds is 11. The summed E-state index contributed by atoms with van der Waals surface area (Å²) in [7, 11) is 0. The highest BCUT2D eigenvalue weighted by atomic mass is 14.0. The molecule has 0 aromatic carbocycles. The SMILES string of the molecule is C=CC(CC)CCCC=CCCCCCC. The van der Waals surface area contributed by atoms with Crippen LogP contribution in [0, 0.1) is 5.92 Å². The van der Waals surface area contributed by atoms with E-state index in [-0.39, 0.29) is 0 Å². The van der Waals surface area contributed by atoms with Gasteiger partial charge in [0.1, 0.15) is 0 Å².